The zero-order chi connectivity index (χ0) is 16.7. The standard InChI is InChI=1S/C18H25NO4/c1-13(2)11-22-12-15(17-5-4-8-23-17)19-10-14-6-7-18(21-3)16(20)9-14/h4-9,13,15,19-20H,10-12H2,1-3H3. The predicted octanol–water partition coefficient (Wildman–Crippen LogP) is 3.50. The van der Waals surface area contributed by atoms with E-state index in [1.165, 1.54) is 7.11 Å². The van der Waals surface area contributed by atoms with Gasteiger partial charge in [0.2, 0.25) is 0 Å². The van der Waals surface area contributed by atoms with E-state index in [9.17, 15) is 5.11 Å². The Morgan fingerprint density at radius 3 is 2.65 bits per heavy atom. The minimum atomic E-state index is -0.0343. The van der Waals surface area contributed by atoms with Gasteiger partial charge < -0.3 is 24.3 Å². The molecule has 126 valence electrons. The highest BCUT2D eigenvalue weighted by Crippen LogP contribution is 2.26. The maximum Gasteiger partial charge on any atom is 0.160 e. The van der Waals surface area contributed by atoms with Crippen LogP contribution in [0.15, 0.2) is 41.0 Å². The van der Waals surface area contributed by atoms with Gasteiger partial charge >= 0.3 is 0 Å². The van der Waals surface area contributed by atoms with Crippen LogP contribution in [-0.4, -0.2) is 25.4 Å². The third kappa shape index (κ3) is 5.30. The monoisotopic (exact) mass is 319 g/mol. The Labute approximate surface area is 137 Å². The van der Waals surface area contributed by atoms with E-state index in [4.69, 9.17) is 13.9 Å². The first-order chi connectivity index (χ1) is 11.1. The molecule has 0 aliphatic heterocycles. The van der Waals surface area contributed by atoms with Gasteiger partial charge in [-0.15, -0.1) is 0 Å². The van der Waals surface area contributed by atoms with Crippen LogP contribution in [0.5, 0.6) is 11.5 Å². The van der Waals surface area contributed by atoms with Crippen molar-refractivity contribution in [3.8, 4) is 11.5 Å². The summed E-state index contributed by atoms with van der Waals surface area (Å²) in [5.74, 6) is 1.94. The molecule has 0 aliphatic rings. The Morgan fingerprint density at radius 2 is 2.04 bits per heavy atom. The van der Waals surface area contributed by atoms with Crippen molar-refractivity contribution in [2.75, 3.05) is 20.3 Å². The molecule has 2 aromatic rings. The maximum atomic E-state index is 9.85. The topological polar surface area (TPSA) is 63.9 Å². The highest BCUT2D eigenvalue weighted by Gasteiger charge is 2.15. The number of nitrogens with one attached hydrogen (secondary N) is 1. The lowest BCUT2D eigenvalue weighted by atomic mass is 10.1. The lowest BCUT2D eigenvalue weighted by Crippen LogP contribution is -2.25. The summed E-state index contributed by atoms with van der Waals surface area (Å²) in [7, 11) is 1.53. The molecule has 0 saturated carbocycles. The van der Waals surface area contributed by atoms with Crippen LogP contribution in [0.1, 0.15) is 31.2 Å². The van der Waals surface area contributed by atoms with Gasteiger partial charge in [0.1, 0.15) is 5.76 Å². The zero-order valence-electron chi connectivity index (χ0n) is 13.9. The maximum absolute atomic E-state index is 9.85. The second kappa shape index (κ2) is 8.60. The SMILES string of the molecule is COc1ccc(CNC(COCC(C)C)c2ccco2)cc1O. The van der Waals surface area contributed by atoms with Crippen molar-refractivity contribution in [3.63, 3.8) is 0 Å². The minimum Gasteiger partial charge on any atom is -0.504 e. The Kier molecular flexibility index (Phi) is 6.50. The number of phenolic OH excluding ortho intramolecular Hbond substituents is 1. The molecule has 1 heterocycles. The van der Waals surface area contributed by atoms with Crippen molar-refractivity contribution in [2.24, 2.45) is 5.92 Å². The third-order valence-corrected chi connectivity index (χ3v) is 3.42. The van der Waals surface area contributed by atoms with Crippen LogP contribution >= 0.6 is 0 Å². The molecule has 0 fully saturated rings. The summed E-state index contributed by atoms with van der Waals surface area (Å²) in [6.45, 7) is 6.08. The third-order valence-electron chi connectivity index (χ3n) is 3.42. The van der Waals surface area contributed by atoms with Crippen LogP contribution in [0.3, 0.4) is 0 Å². The molecule has 0 radical (unpaired) electrons. The molecule has 1 atom stereocenters. The summed E-state index contributed by atoms with van der Waals surface area (Å²) in [5, 5.41) is 13.3. The Hall–Kier alpha value is -1.98. The van der Waals surface area contributed by atoms with E-state index in [1.807, 2.05) is 18.2 Å². The number of hydrogen-bond acceptors (Lipinski definition) is 5. The van der Waals surface area contributed by atoms with Crippen molar-refractivity contribution in [2.45, 2.75) is 26.4 Å². The van der Waals surface area contributed by atoms with E-state index in [1.54, 1.807) is 18.4 Å². The average Bonchev–Trinajstić information content (AvgIpc) is 3.04. The van der Waals surface area contributed by atoms with Gasteiger partial charge in [0.25, 0.3) is 0 Å². The van der Waals surface area contributed by atoms with Gasteiger partial charge in [0.05, 0.1) is 26.0 Å². The number of ether oxygens (including phenoxy) is 2. The number of phenols is 1. The summed E-state index contributed by atoms with van der Waals surface area (Å²) in [6.07, 6.45) is 1.66. The molecule has 1 unspecified atom stereocenters. The molecule has 0 spiro atoms. The zero-order valence-corrected chi connectivity index (χ0v) is 13.9. The molecule has 5 heteroatoms. The van der Waals surface area contributed by atoms with E-state index in [-0.39, 0.29) is 11.8 Å². The second-order valence-corrected chi connectivity index (χ2v) is 5.89. The van der Waals surface area contributed by atoms with Crippen LogP contribution in [0.2, 0.25) is 0 Å². The van der Waals surface area contributed by atoms with Crippen LogP contribution in [-0.2, 0) is 11.3 Å². The van der Waals surface area contributed by atoms with Gasteiger partial charge in [-0.25, -0.2) is 0 Å². The van der Waals surface area contributed by atoms with Crippen LogP contribution < -0.4 is 10.1 Å². The average molecular weight is 319 g/mol. The van der Waals surface area contributed by atoms with Crippen molar-refractivity contribution >= 4 is 0 Å². The number of benzene rings is 1. The van der Waals surface area contributed by atoms with Gasteiger partial charge in [-0.2, -0.15) is 0 Å². The van der Waals surface area contributed by atoms with Gasteiger partial charge in [0.15, 0.2) is 11.5 Å². The number of furan rings is 1. The molecular weight excluding hydrogens is 294 g/mol. The Balaban J connectivity index is 1.96. The van der Waals surface area contributed by atoms with Gasteiger partial charge in [-0.05, 0) is 35.7 Å². The Morgan fingerprint density at radius 1 is 1.22 bits per heavy atom. The first-order valence-electron chi connectivity index (χ1n) is 7.80. The fourth-order valence-corrected chi connectivity index (χ4v) is 2.24. The van der Waals surface area contributed by atoms with E-state index in [0.717, 1.165) is 11.3 Å². The molecule has 2 N–H and O–H groups in total. The normalized spacial score (nSPS) is 12.5. The summed E-state index contributed by atoms with van der Waals surface area (Å²) in [6, 6.07) is 9.13. The molecule has 0 amide bonds. The van der Waals surface area contributed by atoms with E-state index in [0.29, 0.717) is 31.4 Å². The first-order valence-corrected chi connectivity index (χ1v) is 7.80. The van der Waals surface area contributed by atoms with Crippen molar-refractivity contribution < 1.29 is 19.0 Å². The molecule has 23 heavy (non-hydrogen) atoms. The Bertz CT molecular complexity index is 581. The molecule has 0 bridgehead atoms. The van der Waals surface area contributed by atoms with Crippen molar-refractivity contribution in [3.05, 3.63) is 47.9 Å². The van der Waals surface area contributed by atoms with Gasteiger partial charge in [0, 0.05) is 13.2 Å². The fraction of sp³-hybridized carbons (Fsp3) is 0.444. The lowest BCUT2D eigenvalue weighted by molar-refractivity contribution is 0.0844. The number of aromatic hydroxyl groups is 1. The van der Waals surface area contributed by atoms with E-state index >= 15 is 0 Å². The molecule has 5 nitrogen and oxygen atoms in total. The summed E-state index contributed by atoms with van der Waals surface area (Å²) in [5.41, 5.74) is 0.962. The minimum absolute atomic E-state index is 0.0343. The quantitative estimate of drug-likeness (QED) is 0.740. The van der Waals surface area contributed by atoms with Crippen molar-refractivity contribution in [1.29, 1.82) is 0 Å². The van der Waals surface area contributed by atoms with Gasteiger partial charge in [-0.3, -0.25) is 0 Å². The summed E-state index contributed by atoms with van der Waals surface area (Å²) in [4.78, 5) is 0. The molecule has 1 aromatic heterocycles. The number of methoxy groups -OCH3 is 1. The molecule has 1 aromatic carbocycles. The van der Waals surface area contributed by atoms with E-state index in [2.05, 4.69) is 19.2 Å². The van der Waals surface area contributed by atoms with Gasteiger partial charge in [-0.1, -0.05) is 19.9 Å². The smallest absolute Gasteiger partial charge is 0.160 e. The van der Waals surface area contributed by atoms with Crippen molar-refractivity contribution in [1.82, 2.24) is 5.32 Å². The molecular formula is C18H25NO4. The number of rotatable bonds is 9. The molecule has 0 aliphatic carbocycles. The second-order valence-electron chi connectivity index (χ2n) is 5.89. The van der Waals surface area contributed by atoms with Crippen LogP contribution in [0.25, 0.3) is 0 Å². The molecule has 2 rings (SSSR count). The lowest BCUT2D eigenvalue weighted by Gasteiger charge is -2.18. The van der Waals surface area contributed by atoms with Crippen LogP contribution in [0.4, 0.5) is 0 Å². The first kappa shape index (κ1) is 17.4. The highest BCUT2D eigenvalue weighted by atomic mass is 16.5. The predicted molar refractivity (Wildman–Crippen MR) is 88.6 cm³/mol. The van der Waals surface area contributed by atoms with Crippen LogP contribution in [0, 0.1) is 5.92 Å². The molecule has 0 saturated heterocycles. The largest absolute Gasteiger partial charge is 0.504 e. The summed E-state index contributed by atoms with van der Waals surface area (Å²) >= 11 is 0. The summed E-state index contributed by atoms with van der Waals surface area (Å²) < 4.78 is 16.3. The fourth-order valence-electron chi connectivity index (χ4n) is 2.24. The highest BCUT2D eigenvalue weighted by molar-refractivity contribution is 5.41. The van der Waals surface area contributed by atoms with E-state index < -0.39 is 0 Å². The number of hydrogen-bond donors (Lipinski definition) is 2.